The van der Waals surface area contributed by atoms with Crippen LogP contribution in [0.25, 0.3) is 0 Å². The molecule has 3 heterocycles. The molecule has 2 saturated heterocycles. The Morgan fingerprint density at radius 1 is 1.23 bits per heavy atom. The zero-order valence-corrected chi connectivity index (χ0v) is 15.5. The summed E-state index contributed by atoms with van der Waals surface area (Å²) >= 11 is 0. The number of amides is 1. The van der Waals surface area contributed by atoms with Crippen molar-refractivity contribution in [1.29, 1.82) is 0 Å². The van der Waals surface area contributed by atoms with E-state index in [4.69, 9.17) is 0 Å². The Balaban J connectivity index is 1.45. The first-order valence-corrected chi connectivity index (χ1v) is 9.82. The van der Waals surface area contributed by atoms with E-state index in [1.807, 2.05) is 31.5 Å². The van der Waals surface area contributed by atoms with Gasteiger partial charge in [-0.15, -0.1) is 0 Å². The molecule has 4 rings (SSSR count). The first-order chi connectivity index (χ1) is 12.7. The van der Waals surface area contributed by atoms with Crippen LogP contribution in [-0.2, 0) is 6.54 Å². The lowest BCUT2D eigenvalue weighted by molar-refractivity contribution is 0.0723. The van der Waals surface area contributed by atoms with Crippen molar-refractivity contribution < 1.29 is 4.79 Å². The molecule has 1 N–H and O–H groups in total. The van der Waals surface area contributed by atoms with Gasteiger partial charge in [-0.1, -0.05) is 12.1 Å². The number of imidazole rings is 1. The normalized spacial score (nSPS) is 23.3. The molecule has 0 bridgehead atoms. The van der Waals surface area contributed by atoms with Crippen molar-refractivity contribution in [2.24, 2.45) is 0 Å². The van der Waals surface area contributed by atoms with E-state index >= 15 is 0 Å². The molecule has 1 amide bonds. The summed E-state index contributed by atoms with van der Waals surface area (Å²) in [7, 11) is 0. The van der Waals surface area contributed by atoms with E-state index in [1.165, 1.54) is 18.4 Å². The molecule has 2 aliphatic rings. The topological polar surface area (TPSA) is 50.2 Å². The standard InChI is InChI=1S/C21H28N4O/c1-16-23-11-13-24(16)15-20-5-3-12-25(20)21(26)18-8-6-17(7-9-18)19-4-2-10-22-14-19/h6-9,11,13,19-20,22H,2-5,10,12,14-15H2,1H3. The summed E-state index contributed by atoms with van der Waals surface area (Å²) in [6, 6.07) is 8.60. The zero-order chi connectivity index (χ0) is 17.9. The largest absolute Gasteiger partial charge is 0.334 e. The minimum absolute atomic E-state index is 0.165. The van der Waals surface area contributed by atoms with Crippen molar-refractivity contribution in [3.05, 3.63) is 53.6 Å². The van der Waals surface area contributed by atoms with Crippen molar-refractivity contribution >= 4 is 5.91 Å². The van der Waals surface area contributed by atoms with Crippen molar-refractivity contribution in [2.45, 2.75) is 51.1 Å². The van der Waals surface area contributed by atoms with Crippen molar-refractivity contribution in [3.63, 3.8) is 0 Å². The maximum atomic E-state index is 13.0. The van der Waals surface area contributed by atoms with Crippen molar-refractivity contribution in [1.82, 2.24) is 19.8 Å². The molecule has 2 fully saturated rings. The molecule has 2 unspecified atom stereocenters. The van der Waals surface area contributed by atoms with Crippen LogP contribution >= 0.6 is 0 Å². The number of hydrogen-bond acceptors (Lipinski definition) is 3. The number of hydrogen-bond donors (Lipinski definition) is 1. The molecule has 2 atom stereocenters. The summed E-state index contributed by atoms with van der Waals surface area (Å²) < 4.78 is 2.15. The molecule has 0 saturated carbocycles. The number of carbonyl (C=O) groups excluding carboxylic acids is 1. The van der Waals surface area contributed by atoms with Gasteiger partial charge in [0.2, 0.25) is 0 Å². The van der Waals surface area contributed by atoms with Gasteiger partial charge in [0, 0.05) is 37.6 Å². The van der Waals surface area contributed by atoms with E-state index in [0.29, 0.717) is 5.92 Å². The average molecular weight is 352 g/mol. The van der Waals surface area contributed by atoms with Gasteiger partial charge in [-0.2, -0.15) is 0 Å². The highest BCUT2D eigenvalue weighted by molar-refractivity contribution is 5.94. The fourth-order valence-electron chi connectivity index (χ4n) is 4.32. The maximum absolute atomic E-state index is 13.0. The van der Waals surface area contributed by atoms with Crippen LogP contribution in [0.3, 0.4) is 0 Å². The number of nitrogens with zero attached hydrogens (tertiary/aromatic N) is 3. The third-order valence-corrected chi connectivity index (χ3v) is 5.89. The second-order valence-electron chi connectivity index (χ2n) is 7.59. The van der Waals surface area contributed by atoms with E-state index in [0.717, 1.165) is 50.4 Å². The molecule has 26 heavy (non-hydrogen) atoms. The number of carbonyl (C=O) groups is 1. The fourth-order valence-corrected chi connectivity index (χ4v) is 4.32. The third kappa shape index (κ3) is 3.54. The van der Waals surface area contributed by atoms with Gasteiger partial charge in [0.05, 0.1) is 6.04 Å². The Bertz CT molecular complexity index is 746. The quantitative estimate of drug-likeness (QED) is 0.920. The molecule has 2 aromatic rings. The molecule has 0 spiro atoms. The molecule has 0 aliphatic carbocycles. The summed E-state index contributed by atoms with van der Waals surface area (Å²) in [5, 5.41) is 3.46. The molecular weight excluding hydrogens is 324 g/mol. The third-order valence-electron chi connectivity index (χ3n) is 5.89. The number of rotatable bonds is 4. The van der Waals surface area contributed by atoms with Crippen LogP contribution in [0, 0.1) is 6.92 Å². The summed E-state index contributed by atoms with van der Waals surface area (Å²) in [4.78, 5) is 19.4. The SMILES string of the molecule is Cc1nccn1CC1CCCN1C(=O)c1ccc(C2CCCNC2)cc1. The lowest BCUT2D eigenvalue weighted by Gasteiger charge is -2.26. The number of nitrogens with one attached hydrogen (secondary N) is 1. The summed E-state index contributed by atoms with van der Waals surface area (Å²) in [5.41, 5.74) is 2.16. The lowest BCUT2D eigenvalue weighted by Crippen LogP contribution is -2.38. The molecule has 5 nitrogen and oxygen atoms in total. The highest BCUT2D eigenvalue weighted by Gasteiger charge is 2.30. The lowest BCUT2D eigenvalue weighted by atomic mass is 9.91. The highest BCUT2D eigenvalue weighted by atomic mass is 16.2. The van der Waals surface area contributed by atoms with E-state index in [-0.39, 0.29) is 11.9 Å². The van der Waals surface area contributed by atoms with Crippen LogP contribution < -0.4 is 5.32 Å². The Morgan fingerprint density at radius 2 is 2.08 bits per heavy atom. The number of aryl methyl sites for hydroxylation is 1. The van der Waals surface area contributed by atoms with Crippen LogP contribution in [0.5, 0.6) is 0 Å². The predicted molar refractivity (Wildman–Crippen MR) is 102 cm³/mol. The van der Waals surface area contributed by atoms with Gasteiger partial charge in [0.1, 0.15) is 5.82 Å². The van der Waals surface area contributed by atoms with Crippen LogP contribution in [0.1, 0.15) is 53.3 Å². The van der Waals surface area contributed by atoms with Gasteiger partial charge in [-0.25, -0.2) is 4.98 Å². The van der Waals surface area contributed by atoms with Gasteiger partial charge in [-0.05, 0) is 62.8 Å². The first-order valence-electron chi connectivity index (χ1n) is 9.82. The van der Waals surface area contributed by atoms with Gasteiger partial charge in [0.15, 0.2) is 0 Å². The predicted octanol–water partition coefficient (Wildman–Crippen LogP) is 2.96. The van der Waals surface area contributed by atoms with Gasteiger partial charge < -0.3 is 14.8 Å². The number of benzene rings is 1. The van der Waals surface area contributed by atoms with Crippen molar-refractivity contribution in [2.75, 3.05) is 19.6 Å². The number of piperidine rings is 1. The van der Waals surface area contributed by atoms with Gasteiger partial charge in [0.25, 0.3) is 5.91 Å². The fraction of sp³-hybridized carbons (Fsp3) is 0.524. The zero-order valence-electron chi connectivity index (χ0n) is 15.5. The van der Waals surface area contributed by atoms with Crippen LogP contribution in [0.2, 0.25) is 0 Å². The van der Waals surface area contributed by atoms with Gasteiger partial charge in [-0.3, -0.25) is 4.79 Å². The second-order valence-corrected chi connectivity index (χ2v) is 7.59. The van der Waals surface area contributed by atoms with Crippen LogP contribution in [0.15, 0.2) is 36.7 Å². The second kappa shape index (κ2) is 7.62. The smallest absolute Gasteiger partial charge is 0.254 e. The number of aromatic nitrogens is 2. The molecule has 1 aromatic heterocycles. The van der Waals surface area contributed by atoms with Gasteiger partial charge >= 0.3 is 0 Å². The van der Waals surface area contributed by atoms with Crippen molar-refractivity contribution in [3.8, 4) is 0 Å². The monoisotopic (exact) mass is 352 g/mol. The first kappa shape index (κ1) is 17.3. The van der Waals surface area contributed by atoms with E-state index in [2.05, 4.69) is 31.9 Å². The highest BCUT2D eigenvalue weighted by Crippen LogP contribution is 2.25. The summed E-state index contributed by atoms with van der Waals surface area (Å²) in [6.07, 6.45) is 8.44. The van der Waals surface area contributed by atoms with Crippen LogP contribution in [0.4, 0.5) is 0 Å². The Kier molecular flexibility index (Phi) is 5.07. The minimum Gasteiger partial charge on any atom is -0.334 e. The molecule has 138 valence electrons. The van der Waals surface area contributed by atoms with E-state index in [9.17, 15) is 4.79 Å². The molecule has 2 aliphatic heterocycles. The maximum Gasteiger partial charge on any atom is 0.254 e. The van der Waals surface area contributed by atoms with E-state index < -0.39 is 0 Å². The molecule has 1 aromatic carbocycles. The summed E-state index contributed by atoms with van der Waals surface area (Å²) in [5.74, 6) is 1.75. The van der Waals surface area contributed by atoms with E-state index in [1.54, 1.807) is 0 Å². The molecule has 0 radical (unpaired) electrons. The Hall–Kier alpha value is -2.14. The molecule has 5 heteroatoms. The number of likely N-dealkylation sites (tertiary alicyclic amines) is 1. The Morgan fingerprint density at radius 3 is 2.77 bits per heavy atom. The average Bonchev–Trinajstić information content (AvgIpc) is 3.32. The minimum atomic E-state index is 0.165. The molecular formula is C21H28N4O. The van der Waals surface area contributed by atoms with Crippen LogP contribution in [-0.4, -0.2) is 46.0 Å². The summed E-state index contributed by atoms with van der Waals surface area (Å²) in [6.45, 7) is 5.88. The Labute approximate surface area is 155 Å².